The van der Waals surface area contributed by atoms with Crippen LogP contribution in [0.2, 0.25) is 0 Å². The Morgan fingerprint density at radius 3 is 3.16 bits per heavy atom. The van der Waals surface area contributed by atoms with E-state index in [1.807, 2.05) is 28.7 Å². The van der Waals surface area contributed by atoms with Gasteiger partial charge in [-0.3, -0.25) is 0 Å². The molecule has 0 spiro atoms. The number of imidazole rings is 1. The molecule has 0 saturated carbocycles. The van der Waals surface area contributed by atoms with Crippen molar-refractivity contribution in [2.75, 3.05) is 11.1 Å². The molecule has 0 saturated heterocycles. The molecule has 3 aromatic rings. The largest absolute Gasteiger partial charge is 0.395 e. The van der Waals surface area contributed by atoms with Crippen LogP contribution in [0.15, 0.2) is 36.4 Å². The number of rotatable bonds is 4. The predicted octanol–water partition coefficient (Wildman–Crippen LogP) is 2.58. The number of thiazole rings is 1. The fourth-order valence-corrected chi connectivity index (χ4v) is 2.79. The molecule has 0 aliphatic heterocycles. The molecular formula is C13H15N5S. The number of nitrogen functional groups attached to an aromatic ring is 1. The molecule has 0 aliphatic rings. The Morgan fingerprint density at radius 1 is 1.47 bits per heavy atom. The third kappa shape index (κ3) is 2.39. The van der Waals surface area contributed by atoms with Crippen LogP contribution in [0.5, 0.6) is 0 Å². The zero-order valence-electron chi connectivity index (χ0n) is 10.6. The highest BCUT2D eigenvalue weighted by Crippen LogP contribution is 2.30. The van der Waals surface area contributed by atoms with E-state index in [-0.39, 0.29) is 6.04 Å². The van der Waals surface area contributed by atoms with Crippen molar-refractivity contribution in [2.24, 2.45) is 0 Å². The van der Waals surface area contributed by atoms with Gasteiger partial charge in [0.2, 0.25) is 0 Å². The molecule has 3 rings (SSSR count). The topological polar surface area (TPSA) is 68.8 Å². The summed E-state index contributed by atoms with van der Waals surface area (Å²) in [6.07, 6.45) is 5.54. The van der Waals surface area contributed by atoms with Crippen LogP contribution < -0.4 is 11.1 Å². The standard InChI is InChI=1S/C13H15N5S/c1-9(6-18-5-4-15-7-18)17-10-2-3-11-13(12(10)14)16-8-19-11/h2-5,7-9,17H,6,14H2,1H3. The first kappa shape index (κ1) is 12.0. The molecule has 1 atom stereocenters. The Bertz CT molecular complexity index is 673. The number of aromatic nitrogens is 3. The van der Waals surface area contributed by atoms with Crippen molar-refractivity contribution in [3.63, 3.8) is 0 Å². The van der Waals surface area contributed by atoms with E-state index in [0.717, 1.165) is 28.1 Å². The van der Waals surface area contributed by atoms with Gasteiger partial charge in [-0.1, -0.05) is 0 Å². The Hall–Kier alpha value is -2.08. The summed E-state index contributed by atoms with van der Waals surface area (Å²) >= 11 is 1.60. The van der Waals surface area contributed by atoms with E-state index in [1.165, 1.54) is 0 Å². The normalized spacial score (nSPS) is 12.7. The third-order valence-electron chi connectivity index (χ3n) is 2.99. The summed E-state index contributed by atoms with van der Waals surface area (Å²) in [5.41, 5.74) is 10.5. The molecular weight excluding hydrogens is 258 g/mol. The van der Waals surface area contributed by atoms with Gasteiger partial charge in [0.1, 0.15) is 5.52 Å². The smallest absolute Gasteiger partial charge is 0.106 e. The number of anilines is 2. The van der Waals surface area contributed by atoms with Gasteiger partial charge in [-0.25, -0.2) is 9.97 Å². The molecule has 2 aromatic heterocycles. The van der Waals surface area contributed by atoms with Crippen LogP contribution in [0.4, 0.5) is 11.4 Å². The second-order valence-corrected chi connectivity index (χ2v) is 5.42. The van der Waals surface area contributed by atoms with Gasteiger partial charge in [-0.2, -0.15) is 0 Å². The average molecular weight is 273 g/mol. The second kappa shape index (κ2) is 4.89. The first-order valence-electron chi connectivity index (χ1n) is 6.08. The van der Waals surface area contributed by atoms with Gasteiger partial charge in [-0.15, -0.1) is 11.3 Å². The molecule has 0 amide bonds. The molecule has 0 bridgehead atoms. The third-order valence-corrected chi connectivity index (χ3v) is 3.78. The molecule has 6 heteroatoms. The van der Waals surface area contributed by atoms with E-state index in [1.54, 1.807) is 17.5 Å². The first-order chi connectivity index (χ1) is 9.24. The number of benzene rings is 1. The molecule has 3 N–H and O–H groups in total. The van der Waals surface area contributed by atoms with Crippen LogP contribution >= 0.6 is 11.3 Å². The van der Waals surface area contributed by atoms with Crippen LogP contribution in [0.3, 0.4) is 0 Å². The molecule has 2 heterocycles. The minimum absolute atomic E-state index is 0.257. The summed E-state index contributed by atoms with van der Waals surface area (Å²) < 4.78 is 3.15. The first-order valence-corrected chi connectivity index (χ1v) is 6.96. The molecule has 1 unspecified atom stereocenters. The monoisotopic (exact) mass is 273 g/mol. The molecule has 0 radical (unpaired) electrons. The van der Waals surface area contributed by atoms with Crippen molar-refractivity contribution < 1.29 is 0 Å². The van der Waals surface area contributed by atoms with Gasteiger partial charge in [0.05, 0.1) is 27.9 Å². The number of nitrogens with one attached hydrogen (secondary N) is 1. The lowest BCUT2D eigenvalue weighted by atomic mass is 10.2. The van der Waals surface area contributed by atoms with Gasteiger partial charge in [-0.05, 0) is 19.1 Å². The lowest BCUT2D eigenvalue weighted by Crippen LogP contribution is -2.21. The van der Waals surface area contributed by atoms with Crippen molar-refractivity contribution >= 4 is 32.9 Å². The van der Waals surface area contributed by atoms with Crippen molar-refractivity contribution in [1.29, 1.82) is 0 Å². The summed E-state index contributed by atoms with van der Waals surface area (Å²) in [5, 5.41) is 3.42. The van der Waals surface area contributed by atoms with E-state index >= 15 is 0 Å². The van der Waals surface area contributed by atoms with Gasteiger partial charge in [0, 0.05) is 25.0 Å². The number of hydrogen-bond donors (Lipinski definition) is 2. The zero-order chi connectivity index (χ0) is 13.2. The minimum atomic E-state index is 0.257. The highest BCUT2D eigenvalue weighted by Gasteiger charge is 2.09. The van der Waals surface area contributed by atoms with Crippen molar-refractivity contribution in [3.05, 3.63) is 36.4 Å². The maximum absolute atomic E-state index is 6.15. The maximum Gasteiger partial charge on any atom is 0.106 e. The Kier molecular flexibility index (Phi) is 3.08. The van der Waals surface area contributed by atoms with Crippen LogP contribution in [-0.4, -0.2) is 20.6 Å². The summed E-state index contributed by atoms with van der Waals surface area (Å²) in [7, 11) is 0. The highest BCUT2D eigenvalue weighted by atomic mass is 32.1. The maximum atomic E-state index is 6.15. The predicted molar refractivity (Wildman–Crippen MR) is 79.3 cm³/mol. The Morgan fingerprint density at radius 2 is 2.37 bits per heavy atom. The molecule has 1 aromatic carbocycles. The van der Waals surface area contributed by atoms with Crippen LogP contribution in [0, 0.1) is 0 Å². The SMILES string of the molecule is CC(Cn1ccnc1)Nc1ccc2scnc2c1N. The lowest BCUT2D eigenvalue weighted by Gasteiger charge is -2.17. The Balaban J connectivity index is 1.79. The molecule has 19 heavy (non-hydrogen) atoms. The van der Waals surface area contributed by atoms with Gasteiger partial charge in [0.25, 0.3) is 0 Å². The van der Waals surface area contributed by atoms with Gasteiger partial charge in [0.15, 0.2) is 0 Å². The van der Waals surface area contributed by atoms with E-state index in [9.17, 15) is 0 Å². The van der Waals surface area contributed by atoms with Crippen LogP contribution in [0.1, 0.15) is 6.92 Å². The van der Waals surface area contributed by atoms with Crippen molar-refractivity contribution in [3.8, 4) is 0 Å². The molecule has 0 aliphatic carbocycles. The fraction of sp³-hybridized carbons (Fsp3) is 0.231. The van der Waals surface area contributed by atoms with Crippen LogP contribution in [-0.2, 0) is 6.54 Å². The second-order valence-electron chi connectivity index (χ2n) is 4.53. The van der Waals surface area contributed by atoms with Crippen molar-refractivity contribution in [1.82, 2.24) is 14.5 Å². The van der Waals surface area contributed by atoms with Crippen LogP contribution in [0.25, 0.3) is 10.2 Å². The summed E-state index contributed by atoms with van der Waals surface area (Å²) in [6, 6.07) is 4.32. The summed E-state index contributed by atoms with van der Waals surface area (Å²) in [4.78, 5) is 8.34. The Labute approximate surface area is 115 Å². The number of fused-ring (bicyclic) bond motifs is 1. The van der Waals surface area contributed by atoms with E-state index < -0.39 is 0 Å². The fourth-order valence-electron chi connectivity index (χ4n) is 2.10. The zero-order valence-corrected chi connectivity index (χ0v) is 11.4. The van der Waals surface area contributed by atoms with Crippen molar-refractivity contribution in [2.45, 2.75) is 19.5 Å². The quantitative estimate of drug-likeness (QED) is 0.717. The summed E-state index contributed by atoms with van der Waals surface area (Å²) in [6.45, 7) is 2.96. The highest BCUT2D eigenvalue weighted by molar-refractivity contribution is 7.16. The molecule has 5 nitrogen and oxygen atoms in total. The molecule has 0 fully saturated rings. The van der Waals surface area contributed by atoms with E-state index in [0.29, 0.717) is 0 Å². The average Bonchev–Trinajstić information content (AvgIpc) is 3.03. The number of nitrogens with zero attached hydrogens (tertiary/aromatic N) is 3. The summed E-state index contributed by atoms with van der Waals surface area (Å²) in [5.74, 6) is 0. The van der Waals surface area contributed by atoms with Gasteiger partial charge < -0.3 is 15.6 Å². The minimum Gasteiger partial charge on any atom is -0.395 e. The number of nitrogens with two attached hydrogens (primary N) is 1. The number of hydrogen-bond acceptors (Lipinski definition) is 5. The molecule has 98 valence electrons. The van der Waals surface area contributed by atoms with Gasteiger partial charge >= 0.3 is 0 Å². The van der Waals surface area contributed by atoms with E-state index in [4.69, 9.17) is 5.73 Å². The van der Waals surface area contributed by atoms with E-state index in [2.05, 4.69) is 28.3 Å². The lowest BCUT2D eigenvalue weighted by molar-refractivity contribution is 0.619.